The van der Waals surface area contributed by atoms with Gasteiger partial charge in [0.15, 0.2) is 6.29 Å². The fourth-order valence-electron chi connectivity index (χ4n) is 0.769. The molecule has 1 heterocycles. The minimum atomic E-state index is -1.21. The van der Waals surface area contributed by atoms with Gasteiger partial charge >= 0.3 is 0 Å². The molecule has 0 aromatic heterocycles. The van der Waals surface area contributed by atoms with Crippen LogP contribution in [-0.2, 0) is 4.74 Å². The second-order valence-corrected chi connectivity index (χ2v) is 2.11. The molecule has 3 N–H and O–H groups in total. The van der Waals surface area contributed by atoms with Crippen molar-refractivity contribution in [3.05, 3.63) is 0 Å². The highest BCUT2D eigenvalue weighted by Crippen LogP contribution is 2.11. The van der Waals surface area contributed by atoms with E-state index < -0.39 is 18.5 Å². The zero-order valence-electron chi connectivity index (χ0n) is 4.90. The molecule has 1 aliphatic heterocycles. The van der Waals surface area contributed by atoms with Gasteiger partial charge in [-0.1, -0.05) is 0 Å². The maximum Gasteiger partial charge on any atom is 0.183 e. The highest BCUT2D eigenvalue weighted by molar-refractivity contribution is 4.73. The normalized spacial score (nSPS) is 45.0. The zero-order chi connectivity index (χ0) is 6.85. The van der Waals surface area contributed by atoms with Crippen LogP contribution in [-0.4, -0.2) is 40.4 Å². The van der Waals surface area contributed by atoms with Gasteiger partial charge in [0.2, 0.25) is 0 Å². The Morgan fingerprint density at radius 1 is 1.22 bits per heavy atom. The molecule has 4 heteroatoms. The van der Waals surface area contributed by atoms with Crippen LogP contribution in [0.15, 0.2) is 0 Å². The molecule has 1 saturated heterocycles. The molecule has 0 saturated carbocycles. The van der Waals surface area contributed by atoms with Crippen LogP contribution in [0.25, 0.3) is 0 Å². The Morgan fingerprint density at radius 2 is 1.89 bits per heavy atom. The predicted octanol–water partition coefficient (Wildman–Crippen LogP) is -1.55. The Hall–Kier alpha value is -0.160. The van der Waals surface area contributed by atoms with Crippen molar-refractivity contribution in [2.45, 2.75) is 24.9 Å². The van der Waals surface area contributed by atoms with Gasteiger partial charge < -0.3 is 20.1 Å². The largest absolute Gasteiger partial charge is 0.390 e. The molecule has 0 aromatic carbocycles. The number of aliphatic hydroxyl groups excluding tert-OH is 3. The Bertz CT molecular complexity index is 85.0. The molecule has 4 nitrogen and oxygen atoms in total. The van der Waals surface area contributed by atoms with E-state index >= 15 is 0 Å². The molecule has 0 radical (unpaired) electrons. The Labute approximate surface area is 52.7 Å². The molecule has 1 rings (SSSR count). The highest BCUT2D eigenvalue weighted by atomic mass is 16.6. The van der Waals surface area contributed by atoms with E-state index in [0.717, 1.165) is 0 Å². The third-order valence-corrected chi connectivity index (χ3v) is 1.39. The Kier molecular flexibility index (Phi) is 2.02. The van der Waals surface area contributed by atoms with Crippen LogP contribution in [0.1, 0.15) is 6.42 Å². The molecule has 0 spiro atoms. The van der Waals surface area contributed by atoms with Gasteiger partial charge in [0.1, 0.15) is 6.10 Å². The average molecular weight is 134 g/mol. The number of hydrogen-bond acceptors (Lipinski definition) is 4. The lowest BCUT2D eigenvalue weighted by atomic mass is 10.1. The van der Waals surface area contributed by atoms with Gasteiger partial charge in [0, 0.05) is 0 Å². The molecule has 0 amide bonds. The van der Waals surface area contributed by atoms with Crippen LogP contribution >= 0.6 is 0 Å². The molecular formula is C5H10O4. The summed E-state index contributed by atoms with van der Waals surface area (Å²) in [6.45, 7) is 0.305. The number of aliphatic hydroxyl groups is 3. The predicted molar refractivity (Wildman–Crippen MR) is 28.6 cm³/mol. The average Bonchev–Trinajstić information content (AvgIpc) is 1.83. The van der Waals surface area contributed by atoms with Crippen molar-refractivity contribution in [1.82, 2.24) is 0 Å². The minimum absolute atomic E-state index is 0.305. The number of hydrogen-bond donors (Lipinski definition) is 3. The molecule has 0 bridgehead atoms. The van der Waals surface area contributed by atoms with Gasteiger partial charge in [-0.15, -0.1) is 0 Å². The third kappa shape index (κ3) is 1.40. The maximum atomic E-state index is 8.86. The molecule has 1 fully saturated rings. The van der Waals surface area contributed by atoms with Crippen LogP contribution in [0.5, 0.6) is 0 Å². The maximum absolute atomic E-state index is 8.86. The van der Waals surface area contributed by atoms with Crippen LogP contribution in [0.3, 0.4) is 0 Å². The fourth-order valence-corrected chi connectivity index (χ4v) is 0.769. The van der Waals surface area contributed by atoms with Crippen molar-refractivity contribution in [1.29, 1.82) is 0 Å². The second-order valence-electron chi connectivity index (χ2n) is 2.11. The molecule has 0 unspecified atom stereocenters. The van der Waals surface area contributed by atoms with Gasteiger partial charge in [0.25, 0.3) is 0 Å². The van der Waals surface area contributed by atoms with Gasteiger partial charge in [-0.2, -0.15) is 0 Å². The van der Waals surface area contributed by atoms with Gasteiger partial charge in [-0.25, -0.2) is 0 Å². The Morgan fingerprint density at radius 3 is 2.33 bits per heavy atom. The lowest BCUT2D eigenvalue weighted by Crippen LogP contribution is -2.44. The highest BCUT2D eigenvalue weighted by Gasteiger charge is 2.29. The molecule has 9 heavy (non-hydrogen) atoms. The first-order chi connectivity index (χ1) is 4.22. The van der Waals surface area contributed by atoms with E-state index in [0.29, 0.717) is 13.0 Å². The van der Waals surface area contributed by atoms with Crippen molar-refractivity contribution >= 4 is 0 Å². The topological polar surface area (TPSA) is 69.9 Å². The summed E-state index contributed by atoms with van der Waals surface area (Å²) in [5.74, 6) is 0. The Balaban J connectivity index is 2.41. The standard InChI is InChI=1S/C5H10O4/c6-3-1-2-9-5(8)4(3)7/h3-8H,1-2H2/t3-,4+,5-/m0/s1. The lowest BCUT2D eigenvalue weighted by Gasteiger charge is -2.27. The van der Waals surface area contributed by atoms with Crippen LogP contribution < -0.4 is 0 Å². The fraction of sp³-hybridized carbons (Fsp3) is 1.00. The summed E-state index contributed by atoms with van der Waals surface area (Å²) in [4.78, 5) is 0. The molecule has 54 valence electrons. The third-order valence-electron chi connectivity index (χ3n) is 1.39. The quantitative estimate of drug-likeness (QED) is 0.375. The first kappa shape index (κ1) is 6.95. The van der Waals surface area contributed by atoms with E-state index in [1.165, 1.54) is 0 Å². The first-order valence-corrected chi connectivity index (χ1v) is 2.87. The first-order valence-electron chi connectivity index (χ1n) is 2.87. The molecule has 0 aliphatic carbocycles. The summed E-state index contributed by atoms with van der Waals surface area (Å²) in [5, 5.41) is 26.4. The number of rotatable bonds is 0. The van der Waals surface area contributed by atoms with E-state index in [1.807, 2.05) is 0 Å². The van der Waals surface area contributed by atoms with Crippen LogP contribution in [0.4, 0.5) is 0 Å². The summed E-state index contributed by atoms with van der Waals surface area (Å²) in [6, 6.07) is 0. The second kappa shape index (κ2) is 2.62. The monoisotopic (exact) mass is 134 g/mol. The van der Waals surface area contributed by atoms with Gasteiger partial charge in [0.05, 0.1) is 12.7 Å². The van der Waals surface area contributed by atoms with E-state index in [9.17, 15) is 0 Å². The van der Waals surface area contributed by atoms with Gasteiger partial charge in [-0.05, 0) is 6.42 Å². The van der Waals surface area contributed by atoms with Crippen molar-refractivity contribution < 1.29 is 20.1 Å². The van der Waals surface area contributed by atoms with Crippen molar-refractivity contribution in [2.75, 3.05) is 6.61 Å². The molecule has 3 atom stereocenters. The van der Waals surface area contributed by atoms with Crippen molar-refractivity contribution in [3.63, 3.8) is 0 Å². The van der Waals surface area contributed by atoms with E-state index in [1.54, 1.807) is 0 Å². The van der Waals surface area contributed by atoms with Crippen LogP contribution in [0, 0.1) is 0 Å². The van der Waals surface area contributed by atoms with Gasteiger partial charge in [-0.3, -0.25) is 0 Å². The summed E-state index contributed by atoms with van der Waals surface area (Å²) < 4.78 is 4.61. The van der Waals surface area contributed by atoms with E-state index in [-0.39, 0.29) is 0 Å². The lowest BCUT2D eigenvalue weighted by molar-refractivity contribution is -0.219. The zero-order valence-corrected chi connectivity index (χ0v) is 4.90. The summed E-state index contributed by atoms with van der Waals surface area (Å²) in [5.41, 5.74) is 0. The van der Waals surface area contributed by atoms with Crippen LogP contribution in [0.2, 0.25) is 0 Å². The van der Waals surface area contributed by atoms with E-state index in [2.05, 4.69) is 4.74 Å². The molecule has 0 aromatic rings. The van der Waals surface area contributed by atoms with E-state index in [4.69, 9.17) is 15.3 Å². The van der Waals surface area contributed by atoms with Crippen molar-refractivity contribution in [2.24, 2.45) is 0 Å². The summed E-state index contributed by atoms with van der Waals surface area (Å²) in [6.07, 6.45) is -2.81. The minimum Gasteiger partial charge on any atom is -0.390 e. The summed E-state index contributed by atoms with van der Waals surface area (Å²) >= 11 is 0. The summed E-state index contributed by atoms with van der Waals surface area (Å²) in [7, 11) is 0. The molecule has 1 aliphatic rings. The smallest absolute Gasteiger partial charge is 0.183 e. The SMILES string of the molecule is O[C@@H]1[C@@H](O)CCO[C@@H]1O. The van der Waals surface area contributed by atoms with Crippen molar-refractivity contribution in [3.8, 4) is 0 Å². The number of ether oxygens (including phenoxy) is 1. The molecular weight excluding hydrogens is 124 g/mol.